The van der Waals surface area contributed by atoms with Gasteiger partial charge in [-0.1, -0.05) is 17.7 Å². The number of carbonyl (C=O) groups is 1. The van der Waals surface area contributed by atoms with E-state index in [4.69, 9.17) is 4.74 Å². The van der Waals surface area contributed by atoms with Crippen LogP contribution in [0.2, 0.25) is 0 Å². The number of amides is 1. The van der Waals surface area contributed by atoms with Crippen LogP contribution in [0.25, 0.3) is 16.7 Å². The van der Waals surface area contributed by atoms with Gasteiger partial charge in [0.15, 0.2) is 5.65 Å². The van der Waals surface area contributed by atoms with Crippen LogP contribution >= 0.6 is 0 Å². The lowest BCUT2D eigenvalue weighted by Crippen LogP contribution is -2.49. The average Bonchev–Trinajstić information content (AvgIpc) is 3.08. The summed E-state index contributed by atoms with van der Waals surface area (Å²) in [5.41, 5.74) is 3.30. The predicted molar refractivity (Wildman–Crippen MR) is 109 cm³/mol. The lowest BCUT2D eigenvalue weighted by atomic mass is 10.1. The number of hydrogen-bond acceptors (Lipinski definition) is 5. The van der Waals surface area contributed by atoms with E-state index < -0.39 is 0 Å². The number of aryl methyl sites for hydroxylation is 2. The summed E-state index contributed by atoms with van der Waals surface area (Å²) in [4.78, 5) is 31.8. The Balaban J connectivity index is 1.64. The Bertz CT molecular complexity index is 1120. The molecule has 0 saturated carbocycles. The second-order valence-electron chi connectivity index (χ2n) is 7.82. The fourth-order valence-electron chi connectivity index (χ4n) is 3.91. The molecule has 0 bridgehead atoms. The first-order valence-electron chi connectivity index (χ1n) is 9.77. The van der Waals surface area contributed by atoms with E-state index in [2.05, 4.69) is 16.1 Å². The monoisotopic (exact) mass is 395 g/mol. The molecule has 4 rings (SSSR count). The van der Waals surface area contributed by atoms with E-state index in [9.17, 15) is 9.59 Å². The molecule has 1 fully saturated rings. The van der Waals surface area contributed by atoms with E-state index in [1.165, 1.54) is 17.1 Å². The number of morpholine rings is 1. The normalized spacial score (nSPS) is 19.7. The van der Waals surface area contributed by atoms with Crippen LogP contribution in [0.1, 0.15) is 25.0 Å². The standard InChI is InChI=1S/C21H25N5O3/c1-13-5-6-18(14(2)7-13)26-20-17(8-23-26)21(28)25(12-22-20)11-19(27)24-9-15(3)29-16(4)10-24/h5-8,12,15-16H,9-11H2,1-4H3/t15-,16+. The van der Waals surface area contributed by atoms with Gasteiger partial charge in [-0.05, 0) is 39.3 Å². The summed E-state index contributed by atoms with van der Waals surface area (Å²) in [5, 5.41) is 4.77. The van der Waals surface area contributed by atoms with Crippen molar-refractivity contribution in [3.8, 4) is 5.69 Å². The van der Waals surface area contributed by atoms with Crippen LogP contribution < -0.4 is 5.56 Å². The molecule has 1 aliphatic rings. The van der Waals surface area contributed by atoms with Gasteiger partial charge in [0, 0.05) is 13.1 Å². The summed E-state index contributed by atoms with van der Waals surface area (Å²) in [5.74, 6) is -0.114. The molecule has 1 amide bonds. The van der Waals surface area contributed by atoms with Crippen molar-refractivity contribution >= 4 is 16.9 Å². The van der Waals surface area contributed by atoms with Crippen molar-refractivity contribution in [1.82, 2.24) is 24.2 Å². The molecule has 2 aromatic heterocycles. The topological polar surface area (TPSA) is 82.2 Å². The minimum atomic E-state index is -0.270. The third-order valence-corrected chi connectivity index (χ3v) is 5.21. The molecular weight excluding hydrogens is 370 g/mol. The van der Waals surface area contributed by atoms with Crippen LogP contribution in [0.3, 0.4) is 0 Å². The first-order valence-corrected chi connectivity index (χ1v) is 9.77. The summed E-state index contributed by atoms with van der Waals surface area (Å²) < 4.78 is 8.69. The number of nitrogens with zero attached hydrogens (tertiary/aromatic N) is 5. The molecule has 1 saturated heterocycles. The zero-order chi connectivity index (χ0) is 20.7. The van der Waals surface area contributed by atoms with E-state index in [0.717, 1.165) is 16.8 Å². The van der Waals surface area contributed by atoms with Gasteiger partial charge in [-0.15, -0.1) is 0 Å². The number of fused-ring (bicyclic) bond motifs is 1. The van der Waals surface area contributed by atoms with Gasteiger partial charge in [0.1, 0.15) is 18.3 Å². The number of hydrogen-bond donors (Lipinski definition) is 0. The Kier molecular flexibility index (Phi) is 4.96. The second-order valence-corrected chi connectivity index (χ2v) is 7.82. The Hall–Kier alpha value is -3.00. The molecule has 0 spiro atoms. The highest BCUT2D eigenvalue weighted by atomic mass is 16.5. The van der Waals surface area contributed by atoms with Crippen LogP contribution in [0.4, 0.5) is 0 Å². The number of rotatable bonds is 3. The van der Waals surface area contributed by atoms with Gasteiger partial charge in [0.2, 0.25) is 5.91 Å². The smallest absolute Gasteiger partial charge is 0.264 e. The van der Waals surface area contributed by atoms with E-state index in [1.807, 2.05) is 39.8 Å². The van der Waals surface area contributed by atoms with Gasteiger partial charge >= 0.3 is 0 Å². The molecule has 1 aromatic carbocycles. The van der Waals surface area contributed by atoms with Gasteiger partial charge in [-0.25, -0.2) is 9.67 Å². The van der Waals surface area contributed by atoms with Crippen molar-refractivity contribution in [1.29, 1.82) is 0 Å². The number of carbonyl (C=O) groups excluding carboxylic acids is 1. The minimum Gasteiger partial charge on any atom is -0.372 e. The Morgan fingerprint density at radius 2 is 1.93 bits per heavy atom. The van der Waals surface area contributed by atoms with Crippen molar-refractivity contribution in [2.75, 3.05) is 13.1 Å². The van der Waals surface area contributed by atoms with Crippen molar-refractivity contribution in [2.45, 2.75) is 46.4 Å². The molecule has 0 N–H and O–H groups in total. The first kappa shape index (κ1) is 19.3. The fourth-order valence-corrected chi connectivity index (χ4v) is 3.91. The summed E-state index contributed by atoms with van der Waals surface area (Å²) in [6.07, 6.45) is 2.91. The molecule has 152 valence electrons. The fraction of sp³-hybridized carbons (Fsp3) is 0.429. The second kappa shape index (κ2) is 7.44. The number of benzene rings is 1. The van der Waals surface area contributed by atoms with E-state index in [0.29, 0.717) is 24.1 Å². The third kappa shape index (κ3) is 3.67. The number of aromatic nitrogens is 4. The molecule has 29 heavy (non-hydrogen) atoms. The van der Waals surface area contributed by atoms with E-state index in [-0.39, 0.29) is 30.2 Å². The maximum Gasteiger partial charge on any atom is 0.264 e. The molecule has 0 unspecified atom stereocenters. The molecule has 8 heteroatoms. The zero-order valence-electron chi connectivity index (χ0n) is 17.1. The maximum atomic E-state index is 12.9. The average molecular weight is 395 g/mol. The minimum absolute atomic E-state index is 0.0176. The highest BCUT2D eigenvalue weighted by Crippen LogP contribution is 2.19. The highest BCUT2D eigenvalue weighted by Gasteiger charge is 2.26. The predicted octanol–water partition coefficient (Wildman–Crippen LogP) is 1.83. The largest absolute Gasteiger partial charge is 0.372 e. The van der Waals surface area contributed by atoms with Crippen LogP contribution in [-0.4, -0.2) is 55.4 Å². The van der Waals surface area contributed by atoms with Crippen LogP contribution in [0.15, 0.2) is 35.5 Å². The van der Waals surface area contributed by atoms with Crippen molar-refractivity contribution < 1.29 is 9.53 Å². The Morgan fingerprint density at radius 1 is 1.21 bits per heavy atom. The van der Waals surface area contributed by atoms with Crippen molar-refractivity contribution in [2.24, 2.45) is 0 Å². The van der Waals surface area contributed by atoms with Gasteiger partial charge in [-0.3, -0.25) is 14.2 Å². The van der Waals surface area contributed by atoms with Crippen molar-refractivity contribution in [3.05, 3.63) is 52.2 Å². The molecule has 0 aliphatic carbocycles. The quantitative estimate of drug-likeness (QED) is 0.676. The summed E-state index contributed by atoms with van der Waals surface area (Å²) in [6, 6.07) is 6.03. The molecular formula is C21H25N5O3. The highest BCUT2D eigenvalue weighted by molar-refractivity contribution is 5.78. The van der Waals surface area contributed by atoms with Crippen LogP contribution in [-0.2, 0) is 16.1 Å². The number of ether oxygens (including phenoxy) is 1. The molecule has 0 radical (unpaired) electrons. The Morgan fingerprint density at radius 3 is 2.62 bits per heavy atom. The van der Waals surface area contributed by atoms with Gasteiger partial charge in [0.25, 0.3) is 5.56 Å². The van der Waals surface area contributed by atoms with E-state index >= 15 is 0 Å². The van der Waals surface area contributed by atoms with Crippen molar-refractivity contribution in [3.63, 3.8) is 0 Å². The summed E-state index contributed by atoms with van der Waals surface area (Å²) in [7, 11) is 0. The molecule has 3 aromatic rings. The molecule has 3 heterocycles. The van der Waals surface area contributed by atoms with Gasteiger partial charge < -0.3 is 9.64 Å². The van der Waals surface area contributed by atoms with Gasteiger partial charge in [0.05, 0.1) is 24.1 Å². The van der Waals surface area contributed by atoms with Gasteiger partial charge in [-0.2, -0.15) is 5.10 Å². The lowest BCUT2D eigenvalue weighted by Gasteiger charge is -2.35. The summed E-state index contributed by atoms with van der Waals surface area (Å²) in [6.45, 7) is 8.92. The Labute approximate surface area is 168 Å². The summed E-state index contributed by atoms with van der Waals surface area (Å²) >= 11 is 0. The molecule has 8 nitrogen and oxygen atoms in total. The molecule has 1 aliphatic heterocycles. The molecule has 2 atom stereocenters. The zero-order valence-corrected chi connectivity index (χ0v) is 17.1. The first-order chi connectivity index (χ1) is 13.8. The van der Waals surface area contributed by atoms with Crippen LogP contribution in [0.5, 0.6) is 0 Å². The lowest BCUT2D eigenvalue weighted by molar-refractivity contribution is -0.143. The third-order valence-electron chi connectivity index (χ3n) is 5.21. The van der Waals surface area contributed by atoms with Crippen LogP contribution in [0, 0.1) is 13.8 Å². The van der Waals surface area contributed by atoms with E-state index in [1.54, 1.807) is 9.58 Å². The SMILES string of the molecule is Cc1ccc(-n2ncc3c(=O)n(CC(=O)N4C[C@@H](C)O[C@@H](C)C4)cnc32)c(C)c1. The maximum absolute atomic E-state index is 12.9.